The summed E-state index contributed by atoms with van der Waals surface area (Å²) in [5.41, 5.74) is 2.35. The lowest BCUT2D eigenvalue weighted by Gasteiger charge is -2.11. The SMILES string of the molecule is Cc1cc(C)c(S(=O)(=O)CCC(=O)O)c(C)c1. The molecule has 1 rings (SSSR count). The van der Waals surface area contributed by atoms with E-state index in [2.05, 4.69) is 0 Å². The van der Waals surface area contributed by atoms with Gasteiger partial charge < -0.3 is 5.11 Å². The van der Waals surface area contributed by atoms with E-state index in [1.807, 2.05) is 6.92 Å². The molecule has 0 radical (unpaired) electrons. The molecule has 0 aliphatic carbocycles. The summed E-state index contributed by atoms with van der Waals surface area (Å²) in [5.74, 6) is -1.46. The average Bonchev–Trinajstić information content (AvgIpc) is 2.12. The molecule has 0 spiro atoms. The van der Waals surface area contributed by atoms with Gasteiger partial charge in [-0.2, -0.15) is 0 Å². The van der Waals surface area contributed by atoms with E-state index in [-0.39, 0.29) is 17.1 Å². The van der Waals surface area contributed by atoms with Crippen LogP contribution in [0.5, 0.6) is 0 Å². The third-order valence-corrected chi connectivity index (χ3v) is 4.51. The van der Waals surface area contributed by atoms with Crippen LogP contribution in [-0.2, 0) is 14.6 Å². The number of rotatable bonds is 4. The van der Waals surface area contributed by atoms with Gasteiger partial charge in [0, 0.05) is 0 Å². The highest BCUT2D eigenvalue weighted by Gasteiger charge is 2.20. The standard InChI is InChI=1S/C12H16O4S/c1-8-6-9(2)12(10(3)7-8)17(15,16)5-4-11(13)14/h6-7H,4-5H2,1-3H3,(H,13,14). The van der Waals surface area contributed by atoms with Crippen LogP contribution in [-0.4, -0.2) is 25.2 Å². The first-order valence-corrected chi connectivity index (χ1v) is 6.91. The van der Waals surface area contributed by atoms with Crippen molar-refractivity contribution in [3.05, 3.63) is 28.8 Å². The molecule has 0 saturated heterocycles. The second-order valence-corrected chi connectivity index (χ2v) is 6.24. The van der Waals surface area contributed by atoms with Gasteiger partial charge in [-0.1, -0.05) is 17.7 Å². The Labute approximate surface area is 101 Å². The molecule has 94 valence electrons. The first-order valence-electron chi connectivity index (χ1n) is 5.26. The number of benzene rings is 1. The maximum Gasteiger partial charge on any atom is 0.304 e. The molecule has 0 aliphatic rings. The first kappa shape index (κ1) is 13.7. The van der Waals surface area contributed by atoms with Crippen molar-refractivity contribution in [2.75, 3.05) is 5.75 Å². The molecule has 0 atom stereocenters. The van der Waals surface area contributed by atoms with Crippen molar-refractivity contribution in [3.8, 4) is 0 Å². The van der Waals surface area contributed by atoms with Gasteiger partial charge in [-0.15, -0.1) is 0 Å². The largest absolute Gasteiger partial charge is 0.481 e. The molecular formula is C12H16O4S. The number of aliphatic carboxylic acids is 1. The molecule has 0 aromatic heterocycles. The quantitative estimate of drug-likeness (QED) is 0.892. The Morgan fingerprint density at radius 2 is 1.65 bits per heavy atom. The lowest BCUT2D eigenvalue weighted by atomic mass is 10.1. The predicted octanol–water partition coefficient (Wildman–Crippen LogP) is 1.86. The summed E-state index contributed by atoms with van der Waals surface area (Å²) in [6.45, 7) is 5.36. The lowest BCUT2D eigenvalue weighted by Crippen LogP contribution is -2.13. The van der Waals surface area contributed by atoms with Crippen molar-refractivity contribution < 1.29 is 18.3 Å². The number of hydrogen-bond donors (Lipinski definition) is 1. The van der Waals surface area contributed by atoms with Gasteiger partial charge >= 0.3 is 5.97 Å². The molecule has 1 aromatic carbocycles. The van der Waals surface area contributed by atoms with E-state index < -0.39 is 15.8 Å². The van der Waals surface area contributed by atoms with E-state index in [0.717, 1.165) is 5.56 Å². The molecular weight excluding hydrogens is 240 g/mol. The van der Waals surface area contributed by atoms with E-state index in [1.165, 1.54) is 0 Å². The Morgan fingerprint density at radius 1 is 1.18 bits per heavy atom. The lowest BCUT2D eigenvalue weighted by molar-refractivity contribution is -0.136. The van der Waals surface area contributed by atoms with Gasteiger partial charge in [0.1, 0.15) is 0 Å². The minimum atomic E-state index is -3.51. The van der Waals surface area contributed by atoms with E-state index >= 15 is 0 Å². The monoisotopic (exact) mass is 256 g/mol. The van der Waals surface area contributed by atoms with Crippen molar-refractivity contribution in [1.82, 2.24) is 0 Å². The van der Waals surface area contributed by atoms with Crippen molar-refractivity contribution in [3.63, 3.8) is 0 Å². The van der Waals surface area contributed by atoms with E-state index in [1.54, 1.807) is 26.0 Å². The molecule has 0 unspecified atom stereocenters. The molecule has 1 N–H and O–H groups in total. The van der Waals surface area contributed by atoms with Crippen LogP contribution in [0.1, 0.15) is 23.1 Å². The number of aryl methyl sites for hydroxylation is 3. The number of carbonyl (C=O) groups is 1. The Balaban J connectivity index is 3.20. The minimum absolute atomic E-state index is 0.268. The molecule has 1 aromatic rings. The molecule has 0 saturated carbocycles. The fourth-order valence-electron chi connectivity index (χ4n) is 1.98. The second-order valence-electron chi connectivity index (χ2n) is 4.19. The van der Waals surface area contributed by atoms with Crippen LogP contribution in [0.15, 0.2) is 17.0 Å². The number of sulfone groups is 1. The van der Waals surface area contributed by atoms with Crippen LogP contribution in [0.2, 0.25) is 0 Å². The van der Waals surface area contributed by atoms with Gasteiger partial charge in [-0.25, -0.2) is 8.42 Å². The Kier molecular flexibility index (Phi) is 3.93. The molecule has 5 heteroatoms. The van der Waals surface area contributed by atoms with Crippen molar-refractivity contribution in [2.24, 2.45) is 0 Å². The Bertz CT molecular complexity index is 521. The number of hydrogen-bond acceptors (Lipinski definition) is 3. The van der Waals surface area contributed by atoms with Crippen molar-refractivity contribution >= 4 is 15.8 Å². The van der Waals surface area contributed by atoms with Crippen LogP contribution in [0, 0.1) is 20.8 Å². The van der Waals surface area contributed by atoms with Gasteiger partial charge in [0.2, 0.25) is 0 Å². The topological polar surface area (TPSA) is 71.4 Å². The first-order chi connectivity index (χ1) is 7.74. The number of carboxylic acids is 1. The Morgan fingerprint density at radius 3 is 2.06 bits per heavy atom. The zero-order chi connectivity index (χ0) is 13.2. The van der Waals surface area contributed by atoms with Gasteiger partial charge in [-0.05, 0) is 31.9 Å². The summed E-state index contributed by atoms with van der Waals surface area (Å²) >= 11 is 0. The van der Waals surface area contributed by atoms with Crippen molar-refractivity contribution in [1.29, 1.82) is 0 Å². The molecule has 0 heterocycles. The van der Waals surface area contributed by atoms with Gasteiger partial charge in [-0.3, -0.25) is 4.79 Å². The van der Waals surface area contributed by atoms with Crippen molar-refractivity contribution in [2.45, 2.75) is 32.1 Å². The second kappa shape index (κ2) is 4.87. The smallest absolute Gasteiger partial charge is 0.304 e. The highest BCUT2D eigenvalue weighted by Crippen LogP contribution is 2.23. The average molecular weight is 256 g/mol. The fourth-order valence-corrected chi connectivity index (χ4v) is 3.73. The normalized spacial score (nSPS) is 11.5. The van der Waals surface area contributed by atoms with E-state index in [4.69, 9.17) is 5.11 Å². The van der Waals surface area contributed by atoms with Gasteiger partial charge in [0.25, 0.3) is 0 Å². The molecule has 0 fully saturated rings. The maximum absolute atomic E-state index is 12.0. The zero-order valence-electron chi connectivity index (χ0n) is 10.1. The highest BCUT2D eigenvalue weighted by molar-refractivity contribution is 7.91. The van der Waals surface area contributed by atoms with Crippen LogP contribution in [0.3, 0.4) is 0 Å². The molecule has 0 bridgehead atoms. The van der Waals surface area contributed by atoms with Gasteiger partial charge in [0.15, 0.2) is 9.84 Å². The Hall–Kier alpha value is -1.36. The summed E-state index contributed by atoms with van der Waals surface area (Å²) in [7, 11) is -3.51. The van der Waals surface area contributed by atoms with E-state index in [0.29, 0.717) is 11.1 Å². The molecule has 0 amide bonds. The third-order valence-electron chi connectivity index (χ3n) is 2.50. The summed E-state index contributed by atoms with van der Waals surface area (Å²) in [6.07, 6.45) is -0.366. The summed E-state index contributed by atoms with van der Waals surface area (Å²) < 4.78 is 24.1. The summed E-state index contributed by atoms with van der Waals surface area (Å²) in [4.78, 5) is 10.7. The third kappa shape index (κ3) is 3.30. The fraction of sp³-hybridized carbons (Fsp3) is 0.417. The van der Waals surface area contributed by atoms with Crippen LogP contribution in [0.4, 0.5) is 0 Å². The molecule has 0 aliphatic heterocycles. The number of carboxylic acid groups (broad SMARTS) is 1. The zero-order valence-corrected chi connectivity index (χ0v) is 11.0. The van der Waals surface area contributed by atoms with Gasteiger partial charge in [0.05, 0.1) is 17.1 Å². The predicted molar refractivity (Wildman–Crippen MR) is 65.0 cm³/mol. The summed E-state index contributed by atoms with van der Waals surface area (Å²) in [5, 5.41) is 8.54. The molecule has 4 nitrogen and oxygen atoms in total. The highest BCUT2D eigenvalue weighted by atomic mass is 32.2. The van der Waals surface area contributed by atoms with Crippen LogP contribution < -0.4 is 0 Å². The molecule has 17 heavy (non-hydrogen) atoms. The van der Waals surface area contributed by atoms with Crippen LogP contribution >= 0.6 is 0 Å². The summed E-state index contributed by atoms with van der Waals surface area (Å²) in [6, 6.07) is 3.58. The van der Waals surface area contributed by atoms with Crippen LogP contribution in [0.25, 0.3) is 0 Å². The minimum Gasteiger partial charge on any atom is -0.481 e. The van der Waals surface area contributed by atoms with E-state index in [9.17, 15) is 13.2 Å². The maximum atomic E-state index is 12.0.